The van der Waals surface area contributed by atoms with Crippen LogP contribution in [0, 0.1) is 5.41 Å². The molecule has 4 aromatic rings. The molecular weight excluding hydrogens is 511 g/mol. The van der Waals surface area contributed by atoms with Crippen molar-refractivity contribution in [3.05, 3.63) is 65.7 Å². The molecule has 4 N–H and O–H groups in total. The van der Waals surface area contributed by atoms with Gasteiger partial charge in [-0.25, -0.2) is 19.7 Å². The largest absolute Gasteiger partial charge is 0.417 e. The van der Waals surface area contributed by atoms with Crippen LogP contribution < -0.4 is 16.0 Å². The van der Waals surface area contributed by atoms with Gasteiger partial charge >= 0.3 is 12.2 Å². The standard InChI is InChI=1S/C24H23ClF3N7O2/c1-23(2,3)21(36)34-19-18-20(30-11-29-19)35(12-31-18)15-7-4-13(5-8-15)32-22(37)33-14-6-9-17(25)16(10-14)24(26,27)28/h4-12,21,36H,1-3H3,(H,29,30,34)(H2,32,33,37). The normalized spacial score (nSPS) is 12.9. The Morgan fingerprint density at radius 3 is 2.30 bits per heavy atom. The molecule has 0 saturated heterocycles. The minimum atomic E-state index is -4.65. The number of rotatable bonds is 5. The molecule has 2 aromatic carbocycles. The Hall–Kier alpha value is -3.90. The predicted octanol–water partition coefficient (Wildman–Crippen LogP) is 5.91. The second-order valence-corrected chi connectivity index (χ2v) is 9.65. The summed E-state index contributed by atoms with van der Waals surface area (Å²) in [5.74, 6) is 0.386. The second kappa shape index (κ2) is 9.87. The average Bonchev–Trinajstić information content (AvgIpc) is 3.24. The molecule has 0 fully saturated rings. The van der Waals surface area contributed by atoms with Gasteiger partial charge in [0.1, 0.15) is 18.9 Å². The van der Waals surface area contributed by atoms with Gasteiger partial charge in [-0.3, -0.25) is 4.57 Å². The predicted molar refractivity (Wildman–Crippen MR) is 135 cm³/mol. The summed E-state index contributed by atoms with van der Waals surface area (Å²) in [6, 6.07) is 9.04. The number of halogens is 4. The minimum absolute atomic E-state index is 0.0589. The second-order valence-electron chi connectivity index (χ2n) is 9.24. The first-order valence-corrected chi connectivity index (χ1v) is 11.4. The topological polar surface area (TPSA) is 117 Å². The number of imidazole rings is 1. The summed E-state index contributed by atoms with van der Waals surface area (Å²) < 4.78 is 40.9. The van der Waals surface area contributed by atoms with E-state index in [-0.39, 0.29) is 5.69 Å². The molecular formula is C24H23ClF3N7O2. The van der Waals surface area contributed by atoms with Crippen LogP contribution >= 0.6 is 11.6 Å². The number of carbonyl (C=O) groups excluding carboxylic acids is 1. The number of benzene rings is 2. The lowest BCUT2D eigenvalue weighted by Crippen LogP contribution is -2.33. The zero-order chi connectivity index (χ0) is 27.0. The lowest BCUT2D eigenvalue weighted by atomic mass is 9.94. The molecule has 1 atom stereocenters. The fourth-order valence-electron chi connectivity index (χ4n) is 3.29. The molecule has 2 heterocycles. The first-order chi connectivity index (χ1) is 17.3. The van der Waals surface area contributed by atoms with E-state index in [1.54, 1.807) is 35.2 Å². The third kappa shape index (κ3) is 5.92. The third-order valence-corrected chi connectivity index (χ3v) is 5.69. The van der Waals surface area contributed by atoms with Crippen LogP contribution in [0.5, 0.6) is 0 Å². The molecule has 9 nitrogen and oxygen atoms in total. The number of aliphatic hydroxyl groups is 1. The van der Waals surface area contributed by atoms with Crippen LogP contribution in [-0.4, -0.2) is 36.9 Å². The molecule has 0 spiro atoms. The highest BCUT2D eigenvalue weighted by Gasteiger charge is 2.33. The summed E-state index contributed by atoms with van der Waals surface area (Å²) in [5.41, 5.74) is 0.524. The summed E-state index contributed by atoms with van der Waals surface area (Å²) in [6.45, 7) is 5.65. The van der Waals surface area contributed by atoms with Gasteiger partial charge in [0.15, 0.2) is 17.0 Å². The van der Waals surface area contributed by atoms with Gasteiger partial charge in [0.2, 0.25) is 0 Å². The Kier molecular flexibility index (Phi) is 6.98. The van der Waals surface area contributed by atoms with Crippen molar-refractivity contribution in [2.45, 2.75) is 33.2 Å². The summed E-state index contributed by atoms with van der Waals surface area (Å²) in [4.78, 5) is 25.2. The zero-order valence-corrected chi connectivity index (χ0v) is 20.7. The smallest absolute Gasteiger partial charge is 0.373 e. The first-order valence-electron chi connectivity index (χ1n) is 11.0. The van der Waals surface area contributed by atoms with Crippen LogP contribution in [0.2, 0.25) is 5.02 Å². The molecule has 37 heavy (non-hydrogen) atoms. The van der Waals surface area contributed by atoms with E-state index in [0.29, 0.717) is 28.4 Å². The van der Waals surface area contributed by atoms with Crippen LogP contribution in [0.15, 0.2) is 55.1 Å². The van der Waals surface area contributed by atoms with Gasteiger partial charge in [-0.1, -0.05) is 32.4 Å². The highest BCUT2D eigenvalue weighted by molar-refractivity contribution is 6.31. The quantitative estimate of drug-likeness (QED) is 0.237. The van der Waals surface area contributed by atoms with Crippen LogP contribution in [0.1, 0.15) is 26.3 Å². The minimum Gasteiger partial charge on any atom is -0.373 e. The number of amides is 2. The van der Waals surface area contributed by atoms with Crippen molar-refractivity contribution in [1.82, 2.24) is 19.5 Å². The maximum absolute atomic E-state index is 13.0. The maximum Gasteiger partial charge on any atom is 0.417 e. The van der Waals surface area contributed by atoms with Gasteiger partial charge in [0.05, 0.1) is 10.6 Å². The SMILES string of the molecule is CC(C)(C)C(O)Nc1ncnc2c1ncn2-c1ccc(NC(=O)Nc2ccc(Cl)c(C(F)(F)F)c2)cc1. The first kappa shape index (κ1) is 26.2. The summed E-state index contributed by atoms with van der Waals surface area (Å²) in [7, 11) is 0. The van der Waals surface area contributed by atoms with Crippen molar-refractivity contribution in [1.29, 1.82) is 0 Å². The highest BCUT2D eigenvalue weighted by Crippen LogP contribution is 2.36. The fourth-order valence-corrected chi connectivity index (χ4v) is 3.52. The van der Waals surface area contributed by atoms with E-state index < -0.39 is 34.4 Å². The average molecular weight is 534 g/mol. The molecule has 13 heteroatoms. The van der Waals surface area contributed by atoms with E-state index in [4.69, 9.17) is 11.6 Å². The molecule has 194 valence electrons. The van der Waals surface area contributed by atoms with E-state index in [2.05, 4.69) is 30.9 Å². The number of nitrogens with one attached hydrogen (secondary N) is 3. The monoisotopic (exact) mass is 533 g/mol. The molecule has 0 aliphatic carbocycles. The fraction of sp³-hybridized carbons (Fsp3) is 0.250. The lowest BCUT2D eigenvalue weighted by molar-refractivity contribution is -0.137. The molecule has 0 saturated carbocycles. The number of nitrogens with zero attached hydrogens (tertiary/aromatic N) is 4. The van der Waals surface area contributed by atoms with Gasteiger partial charge in [-0.05, 0) is 42.5 Å². The number of carbonyl (C=O) groups is 1. The van der Waals surface area contributed by atoms with Crippen molar-refractivity contribution in [2.75, 3.05) is 16.0 Å². The van der Waals surface area contributed by atoms with Crippen LogP contribution in [-0.2, 0) is 6.18 Å². The molecule has 0 bridgehead atoms. The molecule has 0 aliphatic heterocycles. The number of urea groups is 1. The molecule has 2 aromatic heterocycles. The number of hydrogen-bond acceptors (Lipinski definition) is 6. The van der Waals surface area contributed by atoms with E-state index in [1.165, 1.54) is 12.4 Å². The number of anilines is 3. The lowest BCUT2D eigenvalue weighted by Gasteiger charge is -2.26. The van der Waals surface area contributed by atoms with E-state index in [9.17, 15) is 23.1 Å². The number of fused-ring (bicyclic) bond motifs is 1. The van der Waals surface area contributed by atoms with Gasteiger partial charge in [0, 0.05) is 22.5 Å². The number of hydrogen-bond donors (Lipinski definition) is 4. The van der Waals surface area contributed by atoms with Gasteiger partial charge < -0.3 is 21.1 Å². The van der Waals surface area contributed by atoms with Gasteiger partial charge in [0.25, 0.3) is 0 Å². The molecule has 0 radical (unpaired) electrons. The van der Waals surface area contributed by atoms with Crippen molar-refractivity contribution in [3.8, 4) is 5.69 Å². The Morgan fingerprint density at radius 1 is 1.00 bits per heavy atom. The summed E-state index contributed by atoms with van der Waals surface area (Å²) >= 11 is 5.61. The molecule has 2 amide bonds. The maximum atomic E-state index is 13.0. The van der Waals surface area contributed by atoms with E-state index >= 15 is 0 Å². The van der Waals surface area contributed by atoms with Gasteiger partial charge in [-0.15, -0.1) is 0 Å². The van der Waals surface area contributed by atoms with Crippen LogP contribution in [0.3, 0.4) is 0 Å². The van der Waals surface area contributed by atoms with Gasteiger partial charge in [-0.2, -0.15) is 13.2 Å². The van der Waals surface area contributed by atoms with E-state index in [0.717, 1.165) is 12.1 Å². The molecule has 4 rings (SSSR count). The summed E-state index contributed by atoms with van der Waals surface area (Å²) in [5, 5.41) is 17.8. The van der Waals surface area contributed by atoms with E-state index in [1.807, 2.05) is 20.8 Å². The Balaban J connectivity index is 1.48. The highest BCUT2D eigenvalue weighted by atomic mass is 35.5. The molecule has 1 unspecified atom stereocenters. The Bertz CT molecular complexity index is 1430. The Morgan fingerprint density at radius 2 is 1.65 bits per heavy atom. The zero-order valence-electron chi connectivity index (χ0n) is 19.9. The van der Waals surface area contributed by atoms with Crippen molar-refractivity contribution < 1.29 is 23.1 Å². The third-order valence-electron chi connectivity index (χ3n) is 5.36. The van der Waals surface area contributed by atoms with Crippen LogP contribution in [0.4, 0.5) is 35.2 Å². The molecule has 0 aliphatic rings. The van der Waals surface area contributed by atoms with Crippen LogP contribution in [0.25, 0.3) is 16.9 Å². The van der Waals surface area contributed by atoms with Crippen molar-refractivity contribution >= 4 is 46.0 Å². The number of aromatic nitrogens is 4. The number of aliphatic hydroxyl groups excluding tert-OH is 1. The van der Waals surface area contributed by atoms with Crippen molar-refractivity contribution in [3.63, 3.8) is 0 Å². The Labute approximate surface area is 214 Å². The number of alkyl halides is 3. The van der Waals surface area contributed by atoms with Crippen molar-refractivity contribution in [2.24, 2.45) is 5.41 Å². The summed E-state index contributed by atoms with van der Waals surface area (Å²) in [6.07, 6.45) is -2.59.